The summed E-state index contributed by atoms with van der Waals surface area (Å²) >= 11 is 0. The van der Waals surface area contributed by atoms with Crippen LogP contribution in [0.15, 0.2) is 23.2 Å². The van der Waals surface area contributed by atoms with Crippen molar-refractivity contribution in [2.75, 3.05) is 47.9 Å². The molecular weight excluding hydrogens is 352 g/mol. The molecule has 2 N–H and O–H groups in total. The van der Waals surface area contributed by atoms with E-state index in [4.69, 9.17) is 9.47 Å². The summed E-state index contributed by atoms with van der Waals surface area (Å²) in [6.07, 6.45) is 8.95. The fraction of sp³-hybridized carbons (Fsp3) is 0.682. The van der Waals surface area contributed by atoms with Gasteiger partial charge < -0.3 is 25.0 Å². The summed E-state index contributed by atoms with van der Waals surface area (Å²) in [6, 6.07) is 6.83. The molecule has 6 heteroatoms. The number of ether oxygens (including phenoxy) is 2. The van der Waals surface area contributed by atoms with Crippen LogP contribution in [0.5, 0.6) is 11.5 Å². The fourth-order valence-corrected chi connectivity index (χ4v) is 3.82. The maximum atomic E-state index is 5.37. The monoisotopic (exact) mass is 390 g/mol. The minimum absolute atomic E-state index is 0.759. The van der Waals surface area contributed by atoms with Crippen molar-refractivity contribution < 1.29 is 9.47 Å². The van der Waals surface area contributed by atoms with Gasteiger partial charge in [0.25, 0.3) is 0 Å². The summed E-state index contributed by atoms with van der Waals surface area (Å²) in [4.78, 5) is 6.86. The molecule has 0 heterocycles. The van der Waals surface area contributed by atoms with Gasteiger partial charge in [-0.15, -0.1) is 0 Å². The topological polar surface area (TPSA) is 58.1 Å². The molecule has 0 unspecified atom stereocenters. The second-order valence-corrected chi connectivity index (χ2v) is 7.49. The van der Waals surface area contributed by atoms with Gasteiger partial charge in [0.15, 0.2) is 17.5 Å². The van der Waals surface area contributed by atoms with Gasteiger partial charge in [-0.1, -0.05) is 25.3 Å². The van der Waals surface area contributed by atoms with Gasteiger partial charge in [0, 0.05) is 26.2 Å². The van der Waals surface area contributed by atoms with Gasteiger partial charge in [-0.2, -0.15) is 0 Å². The summed E-state index contributed by atoms with van der Waals surface area (Å²) < 4.78 is 10.7. The first-order chi connectivity index (χ1) is 13.7. The molecule has 0 spiro atoms. The molecular formula is C22H38N4O2. The third-order valence-corrected chi connectivity index (χ3v) is 5.56. The lowest BCUT2D eigenvalue weighted by Crippen LogP contribution is -2.40. The zero-order valence-electron chi connectivity index (χ0n) is 18.1. The number of hydrogen-bond donors (Lipinski definition) is 2. The molecule has 1 fully saturated rings. The molecule has 0 amide bonds. The quantitative estimate of drug-likeness (QED) is 0.365. The smallest absolute Gasteiger partial charge is 0.190 e. The van der Waals surface area contributed by atoms with Crippen molar-refractivity contribution in [3.8, 4) is 11.5 Å². The summed E-state index contributed by atoms with van der Waals surface area (Å²) in [6.45, 7) is 2.89. The summed E-state index contributed by atoms with van der Waals surface area (Å²) in [5, 5.41) is 6.81. The Morgan fingerprint density at radius 3 is 2.46 bits per heavy atom. The summed E-state index contributed by atoms with van der Waals surface area (Å²) in [5.74, 6) is 2.39. The highest BCUT2D eigenvalue weighted by Gasteiger charge is 2.17. The molecule has 2 rings (SSSR count). The number of rotatable bonds is 10. The molecule has 0 aromatic heterocycles. The van der Waals surface area contributed by atoms with E-state index in [1.807, 2.05) is 19.2 Å². The average molecular weight is 391 g/mol. The van der Waals surface area contributed by atoms with Crippen LogP contribution in [0, 0.1) is 0 Å². The van der Waals surface area contributed by atoms with Crippen LogP contribution >= 0.6 is 0 Å². The first-order valence-electron chi connectivity index (χ1n) is 10.5. The van der Waals surface area contributed by atoms with Crippen LogP contribution in [0.2, 0.25) is 0 Å². The number of guanidine groups is 1. The number of nitrogens with zero attached hydrogens (tertiary/aromatic N) is 2. The van der Waals surface area contributed by atoms with E-state index in [0.717, 1.165) is 56.0 Å². The van der Waals surface area contributed by atoms with E-state index < -0.39 is 0 Å². The number of hydrogen-bond acceptors (Lipinski definition) is 4. The first-order valence-corrected chi connectivity index (χ1v) is 10.5. The van der Waals surface area contributed by atoms with Crippen LogP contribution in [-0.2, 0) is 6.42 Å². The molecule has 28 heavy (non-hydrogen) atoms. The lowest BCUT2D eigenvalue weighted by atomic mass is 9.94. The van der Waals surface area contributed by atoms with E-state index in [0.29, 0.717) is 0 Å². The number of aliphatic imine (C=N–C) groups is 1. The van der Waals surface area contributed by atoms with Crippen molar-refractivity contribution in [1.82, 2.24) is 15.5 Å². The van der Waals surface area contributed by atoms with E-state index in [2.05, 4.69) is 33.6 Å². The van der Waals surface area contributed by atoms with Crippen molar-refractivity contribution in [2.45, 2.75) is 51.0 Å². The maximum Gasteiger partial charge on any atom is 0.190 e. The van der Waals surface area contributed by atoms with E-state index >= 15 is 0 Å². The Hall–Kier alpha value is -1.95. The minimum atomic E-state index is 0.759. The number of benzene rings is 1. The van der Waals surface area contributed by atoms with Gasteiger partial charge >= 0.3 is 0 Å². The molecule has 1 aromatic carbocycles. The van der Waals surface area contributed by atoms with Gasteiger partial charge in [0.1, 0.15) is 0 Å². The van der Waals surface area contributed by atoms with Gasteiger partial charge in [-0.05, 0) is 57.0 Å². The average Bonchev–Trinajstić information content (AvgIpc) is 2.75. The van der Waals surface area contributed by atoms with Crippen molar-refractivity contribution in [3.05, 3.63) is 23.8 Å². The number of methoxy groups -OCH3 is 2. The molecule has 6 nitrogen and oxygen atoms in total. The van der Waals surface area contributed by atoms with Gasteiger partial charge in [0.05, 0.1) is 14.2 Å². The largest absolute Gasteiger partial charge is 0.493 e. The summed E-state index contributed by atoms with van der Waals surface area (Å²) in [7, 11) is 7.41. The molecule has 1 aliphatic carbocycles. The Kier molecular flexibility index (Phi) is 9.97. The second-order valence-electron chi connectivity index (χ2n) is 7.49. The predicted molar refractivity (Wildman–Crippen MR) is 117 cm³/mol. The zero-order chi connectivity index (χ0) is 20.2. The molecule has 0 bridgehead atoms. The Morgan fingerprint density at radius 1 is 1.07 bits per heavy atom. The van der Waals surface area contributed by atoms with E-state index in [1.54, 1.807) is 14.2 Å². The molecule has 158 valence electrons. The lowest BCUT2D eigenvalue weighted by molar-refractivity contribution is 0.190. The zero-order valence-corrected chi connectivity index (χ0v) is 18.1. The third-order valence-electron chi connectivity index (χ3n) is 5.56. The molecule has 0 radical (unpaired) electrons. The van der Waals surface area contributed by atoms with Crippen LogP contribution < -0.4 is 20.1 Å². The highest BCUT2D eigenvalue weighted by Crippen LogP contribution is 2.27. The van der Waals surface area contributed by atoms with E-state index in [-0.39, 0.29) is 0 Å². The van der Waals surface area contributed by atoms with E-state index in [9.17, 15) is 0 Å². The van der Waals surface area contributed by atoms with Crippen LogP contribution in [0.3, 0.4) is 0 Å². The van der Waals surface area contributed by atoms with Gasteiger partial charge in [0.2, 0.25) is 0 Å². The highest BCUT2D eigenvalue weighted by molar-refractivity contribution is 5.79. The van der Waals surface area contributed by atoms with Crippen LogP contribution in [0.25, 0.3) is 0 Å². The molecule has 0 atom stereocenters. The summed E-state index contributed by atoms with van der Waals surface area (Å²) in [5.41, 5.74) is 1.20. The molecule has 1 aliphatic rings. The lowest BCUT2D eigenvalue weighted by Gasteiger charge is -2.31. The second kappa shape index (κ2) is 12.5. The van der Waals surface area contributed by atoms with Crippen molar-refractivity contribution in [3.63, 3.8) is 0 Å². The Balaban J connectivity index is 1.64. The van der Waals surface area contributed by atoms with Crippen LogP contribution in [0.1, 0.15) is 44.1 Å². The Morgan fingerprint density at radius 2 is 1.79 bits per heavy atom. The third kappa shape index (κ3) is 7.23. The van der Waals surface area contributed by atoms with Gasteiger partial charge in [-0.3, -0.25) is 4.99 Å². The maximum absolute atomic E-state index is 5.37. The molecule has 1 aromatic rings. The Labute approximate surface area is 170 Å². The van der Waals surface area contributed by atoms with E-state index in [1.165, 1.54) is 37.7 Å². The normalized spacial score (nSPS) is 15.5. The standard InChI is InChI=1S/C22H38N4O2/c1-23-22(24-14-8-16-26(2)19-9-6-5-7-10-19)25-15-13-18-11-12-20(27-3)21(17-18)28-4/h11-12,17,19H,5-10,13-16H2,1-4H3,(H2,23,24,25). The van der Waals surface area contributed by atoms with Crippen LogP contribution in [-0.4, -0.2) is 64.9 Å². The molecule has 1 saturated carbocycles. The Bertz CT molecular complexity index is 600. The van der Waals surface area contributed by atoms with Crippen molar-refractivity contribution >= 4 is 5.96 Å². The molecule has 0 saturated heterocycles. The van der Waals surface area contributed by atoms with Crippen LogP contribution in [0.4, 0.5) is 0 Å². The van der Waals surface area contributed by atoms with Crippen molar-refractivity contribution in [1.29, 1.82) is 0 Å². The van der Waals surface area contributed by atoms with Crippen molar-refractivity contribution in [2.24, 2.45) is 4.99 Å². The van der Waals surface area contributed by atoms with Gasteiger partial charge in [-0.25, -0.2) is 0 Å². The minimum Gasteiger partial charge on any atom is -0.493 e. The molecule has 0 aliphatic heterocycles. The predicted octanol–water partition coefficient (Wildman–Crippen LogP) is 3.07. The highest BCUT2D eigenvalue weighted by atomic mass is 16.5. The first kappa shape index (κ1) is 22.3. The SMILES string of the molecule is CN=C(NCCCN(C)C1CCCCC1)NCCc1ccc(OC)c(OC)c1. The fourth-order valence-electron chi connectivity index (χ4n) is 3.82. The number of nitrogens with one attached hydrogen (secondary N) is 2.